The SMILES string of the molecule is Cc1c(-c2cccc(Br)c2)c(N)c(-c2ccccc2)c2oc3ccccc3c(=O)c12. The van der Waals surface area contributed by atoms with Crippen LogP contribution in [0.15, 0.2) is 92.5 Å². The van der Waals surface area contributed by atoms with Gasteiger partial charge in [0.05, 0.1) is 16.5 Å². The molecule has 0 unspecified atom stereocenters. The van der Waals surface area contributed by atoms with Crippen LogP contribution in [0.2, 0.25) is 0 Å². The minimum atomic E-state index is -0.0437. The van der Waals surface area contributed by atoms with Gasteiger partial charge in [-0.15, -0.1) is 0 Å². The lowest BCUT2D eigenvalue weighted by molar-refractivity contribution is 0.661. The number of para-hydroxylation sites is 1. The van der Waals surface area contributed by atoms with Gasteiger partial charge in [-0.05, 0) is 47.9 Å². The molecule has 146 valence electrons. The zero-order valence-electron chi connectivity index (χ0n) is 16.3. The van der Waals surface area contributed by atoms with E-state index in [1.807, 2.05) is 79.7 Å². The van der Waals surface area contributed by atoms with Crippen LogP contribution in [-0.2, 0) is 0 Å². The highest BCUT2D eigenvalue weighted by Crippen LogP contribution is 2.43. The van der Waals surface area contributed by atoms with Gasteiger partial charge in [-0.1, -0.05) is 70.5 Å². The highest BCUT2D eigenvalue weighted by atomic mass is 79.9. The summed E-state index contributed by atoms with van der Waals surface area (Å²) < 4.78 is 7.25. The highest BCUT2D eigenvalue weighted by Gasteiger charge is 2.22. The molecule has 3 nitrogen and oxygen atoms in total. The van der Waals surface area contributed by atoms with Gasteiger partial charge in [0.25, 0.3) is 0 Å². The van der Waals surface area contributed by atoms with Gasteiger partial charge in [-0.3, -0.25) is 4.79 Å². The number of hydrogen-bond donors (Lipinski definition) is 1. The average molecular weight is 456 g/mol. The van der Waals surface area contributed by atoms with Crippen LogP contribution >= 0.6 is 15.9 Å². The van der Waals surface area contributed by atoms with E-state index in [2.05, 4.69) is 15.9 Å². The summed E-state index contributed by atoms with van der Waals surface area (Å²) >= 11 is 3.55. The van der Waals surface area contributed by atoms with E-state index >= 15 is 0 Å². The Labute approximate surface area is 181 Å². The fraction of sp³-hybridized carbons (Fsp3) is 0.0385. The molecular weight excluding hydrogens is 438 g/mol. The van der Waals surface area contributed by atoms with E-state index in [0.29, 0.717) is 27.6 Å². The third-order valence-electron chi connectivity index (χ3n) is 5.49. The first-order valence-electron chi connectivity index (χ1n) is 9.65. The predicted molar refractivity (Wildman–Crippen MR) is 128 cm³/mol. The summed E-state index contributed by atoms with van der Waals surface area (Å²) in [6.07, 6.45) is 0. The molecule has 0 fully saturated rings. The molecule has 4 heteroatoms. The quantitative estimate of drug-likeness (QED) is 0.231. The Morgan fingerprint density at radius 3 is 2.30 bits per heavy atom. The third kappa shape index (κ3) is 2.84. The largest absolute Gasteiger partial charge is 0.455 e. The molecule has 5 aromatic rings. The molecule has 1 heterocycles. The molecule has 0 bridgehead atoms. The second-order valence-electron chi connectivity index (χ2n) is 7.30. The van der Waals surface area contributed by atoms with E-state index < -0.39 is 0 Å². The van der Waals surface area contributed by atoms with Crippen LogP contribution in [0.1, 0.15) is 5.56 Å². The second kappa shape index (κ2) is 7.15. The lowest BCUT2D eigenvalue weighted by Gasteiger charge is -2.18. The summed E-state index contributed by atoms with van der Waals surface area (Å²) in [5, 5.41) is 1.13. The molecule has 2 N–H and O–H groups in total. The zero-order chi connectivity index (χ0) is 20.8. The molecule has 0 aliphatic rings. The Bertz CT molecular complexity index is 1490. The van der Waals surface area contributed by atoms with Crippen LogP contribution in [0.3, 0.4) is 0 Å². The van der Waals surface area contributed by atoms with Gasteiger partial charge in [0.2, 0.25) is 5.43 Å². The predicted octanol–water partition coefficient (Wildman–Crippen LogP) is 6.93. The topological polar surface area (TPSA) is 56.2 Å². The molecule has 0 saturated heterocycles. The zero-order valence-corrected chi connectivity index (χ0v) is 17.9. The molecule has 0 aliphatic heterocycles. The highest BCUT2D eigenvalue weighted by molar-refractivity contribution is 9.10. The number of benzene rings is 4. The van der Waals surface area contributed by atoms with E-state index in [1.165, 1.54) is 0 Å². The molecule has 5 rings (SSSR count). The second-order valence-corrected chi connectivity index (χ2v) is 8.21. The van der Waals surface area contributed by atoms with Gasteiger partial charge in [0.1, 0.15) is 11.2 Å². The number of nitrogen functional groups attached to an aromatic ring is 1. The van der Waals surface area contributed by atoms with Gasteiger partial charge >= 0.3 is 0 Å². The van der Waals surface area contributed by atoms with E-state index in [4.69, 9.17) is 10.2 Å². The monoisotopic (exact) mass is 455 g/mol. The number of rotatable bonds is 2. The standard InChI is InChI=1S/C26H18BrNO2/c1-15-21(17-10-7-11-18(27)14-17)24(28)23(16-8-3-2-4-9-16)26-22(15)25(29)19-12-5-6-13-20(19)30-26/h2-14H,28H2,1H3. The van der Waals surface area contributed by atoms with Crippen molar-refractivity contribution in [1.82, 2.24) is 0 Å². The van der Waals surface area contributed by atoms with Crippen LogP contribution in [0.4, 0.5) is 5.69 Å². The molecule has 1 aromatic heterocycles. The van der Waals surface area contributed by atoms with Crippen LogP contribution < -0.4 is 11.2 Å². The van der Waals surface area contributed by atoms with Gasteiger partial charge in [0, 0.05) is 15.6 Å². The first-order chi connectivity index (χ1) is 14.6. The maximum absolute atomic E-state index is 13.5. The summed E-state index contributed by atoms with van der Waals surface area (Å²) in [5.74, 6) is 0. The van der Waals surface area contributed by atoms with Gasteiger partial charge in [-0.2, -0.15) is 0 Å². The fourth-order valence-corrected chi connectivity index (χ4v) is 4.54. The average Bonchev–Trinajstić information content (AvgIpc) is 2.75. The van der Waals surface area contributed by atoms with Gasteiger partial charge < -0.3 is 10.2 Å². The summed E-state index contributed by atoms with van der Waals surface area (Å²) in [4.78, 5) is 13.5. The minimum absolute atomic E-state index is 0.0437. The number of anilines is 1. The lowest BCUT2D eigenvalue weighted by Crippen LogP contribution is -2.08. The first kappa shape index (κ1) is 18.6. The Kier molecular flexibility index (Phi) is 4.44. The van der Waals surface area contributed by atoms with Crippen LogP contribution in [-0.4, -0.2) is 0 Å². The van der Waals surface area contributed by atoms with Crippen LogP contribution in [0.25, 0.3) is 44.2 Å². The summed E-state index contributed by atoms with van der Waals surface area (Å²) in [6, 6.07) is 25.1. The van der Waals surface area contributed by atoms with Crippen molar-refractivity contribution in [2.75, 3.05) is 5.73 Å². The van der Waals surface area contributed by atoms with Crippen molar-refractivity contribution >= 4 is 43.6 Å². The summed E-state index contributed by atoms with van der Waals surface area (Å²) in [6.45, 7) is 1.94. The van der Waals surface area contributed by atoms with Crippen molar-refractivity contribution in [1.29, 1.82) is 0 Å². The normalized spacial score (nSPS) is 11.3. The third-order valence-corrected chi connectivity index (χ3v) is 5.98. The number of fused-ring (bicyclic) bond motifs is 2. The van der Waals surface area contributed by atoms with Crippen molar-refractivity contribution in [3.8, 4) is 22.3 Å². The van der Waals surface area contributed by atoms with E-state index in [9.17, 15) is 4.79 Å². The van der Waals surface area contributed by atoms with Crippen molar-refractivity contribution < 1.29 is 4.42 Å². The maximum Gasteiger partial charge on any atom is 0.200 e. The molecule has 0 amide bonds. The van der Waals surface area contributed by atoms with Crippen LogP contribution in [0, 0.1) is 6.92 Å². The first-order valence-corrected chi connectivity index (χ1v) is 10.4. The van der Waals surface area contributed by atoms with E-state index in [0.717, 1.165) is 32.3 Å². The van der Waals surface area contributed by atoms with E-state index in [-0.39, 0.29) is 5.43 Å². The van der Waals surface area contributed by atoms with Crippen molar-refractivity contribution in [3.63, 3.8) is 0 Å². The molecule has 30 heavy (non-hydrogen) atoms. The molecule has 0 spiro atoms. The number of aryl methyl sites for hydroxylation is 1. The number of halogens is 1. The Morgan fingerprint density at radius 1 is 0.833 bits per heavy atom. The smallest absolute Gasteiger partial charge is 0.200 e. The Morgan fingerprint density at radius 2 is 1.53 bits per heavy atom. The molecule has 0 aliphatic carbocycles. The molecule has 0 saturated carbocycles. The molecule has 0 radical (unpaired) electrons. The van der Waals surface area contributed by atoms with Crippen molar-refractivity contribution in [3.05, 3.63) is 99.1 Å². The van der Waals surface area contributed by atoms with Gasteiger partial charge in [0.15, 0.2) is 0 Å². The molecular formula is C26H18BrNO2. The lowest BCUT2D eigenvalue weighted by atomic mass is 9.89. The maximum atomic E-state index is 13.5. The summed E-state index contributed by atoms with van der Waals surface area (Å²) in [7, 11) is 0. The van der Waals surface area contributed by atoms with E-state index in [1.54, 1.807) is 6.07 Å². The van der Waals surface area contributed by atoms with Crippen LogP contribution in [0.5, 0.6) is 0 Å². The van der Waals surface area contributed by atoms with Crippen molar-refractivity contribution in [2.24, 2.45) is 0 Å². The Hall–Kier alpha value is -3.37. The van der Waals surface area contributed by atoms with Gasteiger partial charge in [-0.25, -0.2) is 0 Å². The molecule has 0 atom stereocenters. The minimum Gasteiger partial charge on any atom is -0.455 e. The fourth-order valence-electron chi connectivity index (χ4n) is 4.14. The number of nitrogens with two attached hydrogens (primary N) is 1. The summed E-state index contributed by atoms with van der Waals surface area (Å²) in [5.41, 5.74) is 12.7. The molecule has 4 aromatic carbocycles. The Balaban J connectivity index is 2.04. The number of hydrogen-bond acceptors (Lipinski definition) is 3. The van der Waals surface area contributed by atoms with Crippen molar-refractivity contribution in [2.45, 2.75) is 6.92 Å².